The molecule has 13 heteroatoms. The molecule has 0 bridgehead atoms. The number of amides is 2. The zero-order valence-corrected chi connectivity index (χ0v) is 18.7. The van der Waals surface area contributed by atoms with E-state index in [9.17, 15) is 22.8 Å². The highest BCUT2D eigenvalue weighted by Crippen LogP contribution is 2.28. The fourth-order valence-corrected chi connectivity index (χ4v) is 4.06. The van der Waals surface area contributed by atoms with Crippen molar-refractivity contribution in [2.45, 2.75) is 32.6 Å². The number of nitrogens with one attached hydrogen (secondary N) is 2. The molecule has 0 aromatic carbocycles. The molecule has 4 heterocycles. The summed E-state index contributed by atoms with van der Waals surface area (Å²) in [5, 5.41) is 0. The van der Waals surface area contributed by atoms with Crippen LogP contribution in [-0.2, 0) is 28.8 Å². The smallest absolute Gasteiger partial charge is 0.379 e. The minimum atomic E-state index is -4.47. The van der Waals surface area contributed by atoms with Crippen molar-refractivity contribution >= 4 is 17.8 Å². The van der Waals surface area contributed by atoms with Gasteiger partial charge in [-0.05, 0) is 13.0 Å². The number of hydrazine groups is 1. The first kappa shape index (κ1) is 24.0. The Morgan fingerprint density at radius 3 is 2.53 bits per heavy atom. The highest BCUT2D eigenvalue weighted by Gasteiger charge is 2.32. The van der Waals surface area contributed by atoms with E-state index in [1.165, 1.54) is 0 Å². The average Bonchev–Trinajstić information content (AvgIpc) is 3.15. The second kappa shape index (κ2) is 9.97. The van der Waals surface area contributed by atoms with E-state index in [1.54, 1.807) is 9.80 Å². The van der Waals surface area contributed by atoms with Crippen LogP contribution in [0, 0.1) is 6.92 Å². The van der Waals surface area contributed by atoms with Crippen molar-refractivity contribution in [1.29, 1.82) is 0 Å². The van der Waals surface area contributed by atoms with Gasteiger partial charge in [0.15, 0.2) is 0 Å². The number of aromatic nitrogens is 3. The molecule has 10 nitrogen and oxygen atoms in total. The maximum atomic E-state index is 12.7. The average molecular weight is 481 g/mol. The van der Waals surface area contributed by atoms with E-state index in [0.717, 1.165) is 23.8 Å². The maximum absolute atomic E-state index is 12.7. The number of carbonyl (C=O) groups excluding carboxylic acids is 2. The number of piperazine rings is 1. The van der Waals surface area contributed by atoms with Gasteiger partial charge in [-0.2, -0.15) is 13.2 Å². The van der Waals surface area contributed by atoms with Gasteiger partial charge in [0.2, 0.25) is 11.9 Å². The van der Waals surface area contributed by atoms with Crippen LogP contribution in [0.5, 0.6) is 0 Å². The molecule has 2 aliphatic rings. The SMILES string of the molecule is Cc1cc2c(n1CCOCCC(=O)N1CCN(c3ncc(C(F)(F)F)cn3)CC1)CNNC2=O. The van der Waals surface area contributed by atoms with Crippen molar-refractivity contribution < 1.29 is 27.5 Å². The highest BCUT2D eigenvalue weighted by molar-refractivity contribution is 5.96. The molecule has 0 saturated carbocycles. The number of hydrogen-bond acceptors (Lipinski definition) is 7. The molecule has 0 unspecified atom stereocenters. The van der Waals surface area contributed by atoms with Crippen LogP contribution in [0.2, 0.25) is 0 Å². The largest absolute Gasteiger partial charge is 0.419 e. The van der Waals surface area contributed by atoms with Gasteiger partial charge in [-0.15, -0.1) is 0 Å². The minimum absolute atomic E-state index is 0.0385. The summed E-state index contributed by atoms with van der Waals surface area (Å²) in [6, 6.07) is 1.85. The summed E-state index contributed by atoms with van der Waals surface area (Å²) in [4.78, 5) is 35.5. The number of rotatable bonds is 7. The second-order valence-corrected chi connectivity index (χ2v) is 8.11. The van der Waals surface area contributed by atoms with Crippen LogP contribution in [-0.4, -0.2) is 70.6 Å². The number of fused-ring (bicyclic) bond motifs is 1. The van der Waals surface area contributed by atoms with Gasteiger partial charge in [0.1, 0.15) is 0 Å². The second-order valence-electron chi connectivity index (χ2n) is 8.11. The third-order valence-corrected chi connectivity index (χ3v) is 5.92. The quantitative estimate of drug-likeness (QED) is 0.571. The predicted molar refractivity (Wildman–Crippen MR) is 115 cm³/mol. The fraction of sp³-hybridized carbons (Fsp3) is 0.524. The van der Waals surface area contributed by atoms with Crippen LogP contribution >= 0.6 is 0 Å². The molecule has 4 rings (SSSR count). The number of nitrogens with zero attached hydrogens (tertiary/aromatic N) is 5. The Labute approximate surface area is 194 Å². The van der Waals surface area contributed by atoms with Gasteiger partial charge in [0, 0.05) is 56.5 Å². The lowest BCUT2D eigenvalue weighted by Crippen LogP contribution is -2.49. The molecule has 0 aliphatic carbocycles. The van der Waals surface area contributed by atoms with Gasteiger partial charge in [-0.3, -0.25) is 15.0 Å². The summed E-state index contributed by atoms with van der Waals surface area (Å²) in [6.07, 6.45) is -2.69. The standard InChI is InChI=1S/C21H26F3N7O3/c1-14-10-16-17(13-27-28-19(16)33)31(14)7-9-34-8-2-18(32)29-3-5-30(6-4-29)20-25-11-15(12-26-20)21(22,23)24/h10-12,27H,2-9,13H2,1H3,(H,28,33). The number of hydrogen-bond donors (Lipinski definition) is 2. The molecule has 2 aromatic heterocycles. The van der Waals surface area contributed by atoms with Crippen LogP contribution in [0.3, 0.4) is 0 Å². The van der Waals surface area contributed by atoms with E-state index >= 15 is 0 Å². The lowest BCUT2D eigenvalue weighted by Gasteiger charge is -2.34. The number of aryl methyl sites for hydroxylation is 1. The first-order chi connectivity index (χ1) is 16.2. The predicted octanol–water partition coefficient (Wildman–Crippen LogP) is 1.11. The van der Waals surface area contributed by atoms with Crippen LogP contribution < -0.4 is 15.8 Å². The van der Waals surface area contributed by atoms with E-state index in [0.29, 0.717) is 51.4 Å². The van der Waals surface area contributed by atoms with Crippen molar-refractivity contribution in [2.24, 2.45) is 0 Å². The summed E-state index contributed by atoms with van der Waals surface area (Å²) in [5.41, 5.74) is 7.10. The molecule has 184 valence electrons. The Hall–Kier alpha value is -3.19. The van der Waals surface area contributed by atoms with Crippen molar-refractivity contribution in [2.75, 3.05) is 44.3 Å². The number of ether oxygens (including phenoxy) is 1. The molecule has 2 amide bonds. The van der Waals surface area contributed by atoms with Gasteiger partial charge in [0.05, 0.1) is 37.3 Å². The topological polar surface area (TPSA) is 105 Å². The van der Waals surface area contributed by atoms with Crippen molar-refractivity contribution in [1.82, 2.24) is 30.3 Å². The molecular formula is C21H26F3N7O3. The Bertz CT molecular complexity index is 1030. The highest BCUT2D eigenvalue weighted by atomic mass is 19.4. The Morgan fingerprint density at radius 1 is 1.15 bits per heavy atom. The number of alkyl halides is 3. The molecule has 2 aromatic rings. The van der Waals surface area contributed by atoms with Gasteiger partial charge in [-0.25, -0.2) is 15.4 Å². The van der Waals surface area contributed by atoms with Crippen LogP contribution in [0.15, 0.2) is 18.5 Å². The van der Waals surface area contributed by atoms with Crippen molar-refractivity contribution in [3.8, 4) is 0 Å². The van der Waals surface area contributed by atoms with Crippen LogP contribution in [0.4, 0.5) is 19.1 Å². The summed E-state index contributed by atoms with van der Waals surface area (Å²) in [6.45, 7) is 5.50. The van der Waals surface area contributed by atoms with E-state index in [-0.39, 0.29) is 30.8 Å². The summed E-state index contributed by atoms with van der Waals surface area (Å²) in [5.74, 6) is 0.0292. The Kier molecular flexibility index (Phi) is 7.03. The molecule has 1 fully saturated rings. The van der Waals surface area contributed by atoms with Crippen molar-refractivity contribution in [3.63, 3.8) is 0 Å². The first-order valence-electron chi connectivity index (χ1n) is 11.0. The van der Waals surface area contributed by atoms with Gasteiger partial charge in [-0.1, -0.05) is 0 Å². The zero-order valence-electron chi connectivity index (χ0n) is 18.7. The Morgan fingerprint density at radius 2 is 1.85 bits per heavy atom. The molecule has 1 saturated heterocycles. The third-order valence-electron chi connectivity index (χ3n) is 5.92. The molecule has 2 N–H and O–H groups in total. The van der Waals surface area contributed by atoms with Gasteiger partial charge in [0.25, 0.3) is 5.91 Å². The van der Waals surface area contributed by atoms with Gasteiger partial charge < -0.3 is 19.1 Å². The maximum Gasteiger partial charge on any atom is 0.419 e. The van der Waals surface area contributed by atoms with Crippen LogP contribution in [0.1, 0.15) is 33.7 Å². The molecule has 2 aliphatic heterocycles. The normalized spacial score (nSPS) is 16.4. The molecule has 0 spiro atoms. The lowest BCUT2D eigenvalue weighted by atomic mass is 10.2. The third kappa shape index (κ3) is 5.30. The molecule has 34 heavy (non-hydrogen) atoms. The van der Waals surface area contributed by atoms with Crippen molar-refractivity contribution in [3.05, 3.63) is 41.0 Å². The van der Waals surface area contributed by atoms with Gasteiger partial charge >= 0.3 is 6.18 Å². The lowest BCUT2D eigenvalue weighted by molar-refractivity contribution is -0.138. The van der Waals surface area contributed by atoms with E-state index < -0.39 is 11.7 Å². The van der Waals surface area contributed by atoms with E-state index in [1.807, 2.05) is 17.6 Å². The monoisotopic (exact) mass is 481 g/mol. The number of halogens is 3. The fourth-order valence-electron chi connectivity index (χ4n) is 4.06. The first-order valence-corrected chi connectivity index (χ1v) is 11.0. The molecule has 0 radical (unpaired) electrons. The van der Waals surface area contributed by atoms with E-state index in [4.69, 9.17) is 4.74 Å². The Balaban J connectivity index is 1.17. The minimum Gasteiger partial charge on any atom is -0.379 e. The number of carbonyl (C=O) groups is 2. The molecule has 0 atom stereocenters. The van der Waals surface area contributed by atoms with Crippen LogP contribution in [0.25, 0.3) is 0 Å². The summed E-state index contributed by atoms with van der Waals surface area (Å²) >= 11 is 0. The number of anilines is 1. The van der Waals surface area contributed by atoms with E-state index in [2.05, 4.69) is 20.8 Å². The molecular weight excluding hydrogens is 455 g/mol. The summed E-state index contributed by atoms with van der Waals surface area (Å²) in [7, 11) is 0. The zero-order chi connectivity index (χ0) is 24.3. The summed E-state index contributed by atoms with van der Waals surface area (Å²) < 4.78 is 45.7.